The molecule has 0 bridgehead atoms. The van der Waals surface area contributed by atoms with E-state index >= 15 is 0 Å². The SMILES string of the molecule is CCCN1CC(C)=C(N(C(C)=O)C(C)=O)C2=C1N1CN(OC)C=C1C=N2. The van der Waals surface area contributed by atoms with Gasteiger partial charge in [0.05, 0.1) is 30.9 Å². The molecule has 140 valence electrons. The molecule has 0 radical (unpaired) electrons. The Kier molecular flexibility index (Phi) is 4.86. The van der Waals surface area contributed by atoms with E-state index in [4.69, 9.17) is 4.84 Å². The molecule has 0 saturated carbocycles. The Balaban J connectivity index is 2.13. The lowest BCUT2D eigenvalue weighted by molar-refractivity contribution is -0.139. The maximum absolute atomic E-state index is 12.2. The van der Waals surface area contributed by atoms with Gasteiger partial charge in [-0.1, -0.05) is 6.92 Å². The number of hydroxylamine groups is 2. The number of aliphatic imine (C=N–C) groups is 1. The minimum Gasteiger partial charge on any atom is -0.352 e. The van der Waals surface area contributed by atoms with E-state index < -0.39 is 0 Å². The summed E-state index contributed by atoms with van der Waals surface area (Å²) in [5.41, 5.74) is 3.12. The smallest absolute Gasteiger partial charge is 0.230 e. The van der Waals surface area contributed by atoms with Crippen LogP contribution in [-0.2, 0) is 14.4 Å². The standard InChI is InChI=1S/C18H25N5O3/c1-6-7-20-9-12(2)17(23(13(3)24)14(4)25)16-18(20)22-11-21(26-5)10-15(22)8-19-16/h8,10H,6-7,9,11H2,1-5H3. The number of amides is 2. The van der Waals surface area contributed by atoms with Crippen LogP contribution < -0.4 is 0 Å². The van der Waals surface area contributed by atoms with E-state index in [0.29, 0.717) is 24.6 Å². The van der Waals surface area contributed by atoms with Gasteiger partial charge in [-0.3, -0.25) is 14.4 Å². The van der Waals surface area contributed by atoms with Gasteiger partial charge in [-0.25, -0.2) is 15.0 Å². The molecular formula is C18H25N5O3. The van der Waals surface area contributed by atoms with Gasteiger partial charge in [-0.15, -0.1) is 0 Å². The summed E-state index contributed by atoms with van der Waals surface area (Å²) in [6.45, 7) is 8.92. The van der Waals surface area contributed by atoms with Gasteiger partial charge in [0.1, 0.15) is 18.2 Å². The molecule has 26 heavy (non-hydrogen) atoms. The molecule has 0 atom stereocenters. The number of rotatable bonds is 4. The molecule has 0 aliphatic carbocycles. The van der Waals surface area contributed by atoms with Crippen molar-refractivity contribution < 1.29 is 14.4 Å². The van der Waals surface area contributed by atoms with Crippen molar-refractivity contribution in [2.45, 2.75) is 34.1 Å². The van der Waals surface area contributed by atoms with Crippen molar-refractivity contribution in [3.63, 3.8) is 0 Å². The molecule has 3 aliphatic heterocycles. The van der Waals surface area contributed by atoms with Gasteiger partial charge < -0.3 is 9.80 Å². The highest BCUT2D eigenvalue weighted by atomic mass is 16.7. The highest BCUT2D eigenvalue weighted by Gasteiger charge is 2.38. The molecule has 3 heterocycles. The van der Waals surface area contributed by atoms with Crippen molar-refractivity contribution in [1.29, 1.82) is 0 Å². The maximum atomic E-state index is 12.2. The van der Waals surface area contributed by atoms with Crippen LogP contribution in [0.3, 0.4) is 0 Å². The number of carbonyl (C=O) groups is 2. The number of nitrogens with zero attached hydrogens (tertiary/aromatic N) is 5. The van der Waals surface area contributed by atoms with Gasteiger partial charge in [0.25, 0.3) is 0 Å². The second-order valence-electron chi connectivity index (χ2n) is 6.58. The molecule has 8 heteroatoms. The van der Waals surface area contributed by atoms with Crippen LogP contribution in [0.5, 0.6) is 0 Å². The number of fused-ring (bicyclic) bond motifs is 2. The normalized spacial score (nSPS) is 19.0. The Labute approximate surface area is 153 Å². The van der Waals surface area contributed by atoms with Gasteiger partial charge in [-0.2, -0.15) is 0 Å². The third-order valence-electron chi connectivity index (χ3n) is 4.60. The van der Waals surface area contributed by atoms with E-state index in [9.17, 15) is 9.59 Å². The zero-order valence-electron chi connectivity index (χ0n) is 15.9. The minimum absolute atomic E-state index is 0.306. The number of hydrogen-bond acceptors (Lipinski definition) is 7. The Bertz CT molecular complexity index is 751. The third kappa shape index (κ3) is 2.90. The van der Waals surface area contributed by atoms with Crippen molar-refractivity contribution >= 4 is 18.0 Å². The fourth-order valence-electron chi connectivity index (χ4n) is 3.61. The summed E-state index contributed by atoms with van der Waals surface area (Å²) < 4.78 is 0. The largest absolute Gasteiger partial charge is 0.352 e. The van der Waals surface area contributed by atoms with Crippen molar-refractivity contribution in [2.75, 3.05) is 26.9 Å². The number of imide groups is 1. The predicted molar refractivity (Wildman–Crippen MR) is 96.9 cm³/mol. The fourth-order valence-corrected chi connectivity index (χ4v) is 3.61. The van der Waals surface area contributed by atoms with E-state index in [-0.39, 0.29) is 11.8 Å². The molecule has 2 amide bonds. The Hall–Kier alpha value is -2.61. The van der Waals surface area contributed by atoms with Gasteiger partial charge in [0.2, 0.25) is 11.8 Å². The maximum Gasteiger partial charge on any atom is 0.230 e. The van der Waals surface area contributed by atoms with Crippen molar-refractivity contribution in [2.24, 2.45) is 4.99 Å². The molecule has 0 N–H and O–H groups in total. The van der Waals surface area contributed by atoms with Crippen LogP contribution in [0.15, 0.2) is 39.7 Å². The minimum atomic E-state index is -0.306. The van der Waals surface area contributed by atoms with Crippen molar-refractivity contribution in [1.82, 2.24) is 19.8 Å². The lowest BCUT2D eigenvalue weighted by Crippen LogP contribution is -2.45. The lowest BCUT2D eigenvalue weighted by Gasteiger charge is -2.42. The van der Waals surface area contributed by atoms with Crippen LogP contribution in [0.1, 0.15) is 34.1 Å². The average molecular weight is 359 g/mol. The monoisotopic (exact) mass is 359 g/mol. The predicted octanol–water partition coefficient (Wildman–Crippen LogP) is 1.61. The van der Waals surface area contributed by atoms with E-state index in [1.54, 1.807) is 18.4 Å². The van der Waals surface area contributed by atoms with Crippen LogP contribution in [0, 0.1) is 0 Å². The number of allylic oxidation sites excluding steroid dienone is 1. The first-order valence-corrected chi connectivity index (χ1v) is 8.73. The van der Waals surface area contributed by atoms with E-state index in [1.807, 2.05) is 13.1 Å². The zero-order chi connectivity index (χ0) is 19.0. The molecular weight excluding hydrogens is 334 g/mol. The van der Waals surface area contributed by atoms with Gasteiger partial charge in [0.15, 0.2) is 0 Å². The van der Waals surface area contributed by atoms with Crippen molar-refractivity contribution in [3.05, 3.63) is 34.7 Å². The summed E-state index contributed by atoms with van der Waals surface area (Å²) in [5.74, 6) is 0.298. The molecule has 3 aliphatic rings. The first kappa shape index (κ1) is 18.2. The average Bonchev–Trinajstić information content (AvgIpc) is 3.00. The molecule has 8 nitrogen and oxygen atoms in total. The highest BCUT2D eigenvalue weighted by Crippen LogP contribution is 2.38. The summed E-state index contributed by atoms with van der Waals surface area (Å²) in [6.07, 6.45) is 4.61. The number of hydrogen-bond donors (Lipinski definition) is 0. The van der Waals surface area contributed by atoms with Crippen LogP contribution in [0.25, 0.3) is 0 Å². The van der Waals surface area contributed by atoms with Crippen LogP contribution in [-0.4, -0.2) is 64.7 Å². The lowest BCUT2D eigenvalue weighted by atomic mass is 10.0. The summed E-state index contributed by atoms with van der Waals surface area (Å²) in [6, 6.07) is 0. The second kappa shape index (κ2) is 6.95. The van der Waals surface area contributed by atoms with Gasteiger partial charge in [-0.05, 0) is 18.9 Å². The Morgan fingerprint density at radius 1 is 1.31 bits per heavy atom. The van der Waals surface area contributed by atoms with Gasteiger partial charge >= 0.3 is 0 Å². The molecule has 0 aromatic carbocycles. The zero-order valence-corrected chi connectivity index (χ0v) is 15.9. The van der Waals surface area contributed by atoms with Gasteiger partial charge in [0, 0.05) is 26.9 Å². The molecule has 0 unspecified atom stereocenters. The quantitative estimate of drug-likeness (QED) is 0.760. The van der Waals surface area contributed by atoms with E-state index in [1.165, 1.54) is 18.7 Å². The summed E-state index contributed by atoms with van der Waals surface area (Å²) in [7, 11) is 1.62. The summed E-state index contributed by atoms with van der Waals surface area (Å²) in [5, 5.41) is 1.72. The van der Waals surface area contributed by atoms with E-state index in [2.05, 4.69) is 21.7 Å². The van der Waals surface area contributed by atoms with Crippen LogP contribution in [0.2, 0.25) is 0 Å². The molecule has 0 aromatic heterocycles. The summed E-state index contributed by atoms with van der Waals surface area (Å²) in [4.78, 5) is 39.9. The third-order valence-corrected chi connectivity index (χ3v) is 4.60. The fraction of sp³-hybridized carbons (Fsp3) is 0.500. The summed E-state index contributed by atoms with van der Waals surface area (Å²) >= 11 is 0. The topological polar surface area (TPSA) is 68.7 Å². The first-order chi connectivity index (χ1) is 12.4. The van der Waals surface area contributed by atoms with Crippen molar-refractivity contribution in [3.8, 4) is 0 Å². The number of carbonyl (C=O) groups excluding carboxylic acids is 2. The Morgan fingerprint density at radius 2 is 2.00 bits per heavy atom. The molecule has 0 aromatic rings. The second-order valence-corrected chi connectivity index (χ2v) is 6.58. The molecule has 0 fully saturated rings. The van der Waals surface area contributed by atoms with Crippen LogP contribution >= 0.6 is 0 Å². The molecule has 0 saturated heterocycles. The highest BCUT2D eigenvalue weighted by molar-refractivity contribution is 5.96. The van der Waals surface area contributed by atoms with E-state index in [0.717, 1.165) is 30.1 Å². The molecule has 0 spiro atoms. The molecule has 3 rings (SSSR count). The van der Waals surface area contributed by atoms with Crippen LogP contribution in [0.4, 0.5) is 0 Å². The first-order valence-electron chi connectivity index (χ1n) is 8.73. The Morgan fingerprint density at radius 3 is 2.58 bits per heavy atom.